The largest absolute Gasteiger partial charge is 0.349 e. The third-order valence-corrected chi connectivity index (χ3v) is 3.93. The molecule has 0 aliphatic heterocycles. The predicted molar refractivity (Wildman–Crippen MR) is 80.2 cm³/mol. The fraction of sp³-hybridized carbons (Fsp3) is 0.533. The van der Waals surface area contributed by atoms with E-state index in [1.54, 1.807) is 0 Å². The lowest BCUT2D eigenvalue weighted by atomic mass is 9.88. The van der Waals surface area contributed by atoms with Crippen molar-refractivity contribution in [1.82, 2.24) is 5.32 Å². The van der Waals surface area contributed by atoms with E-state index in [-0.39, 0.29) is 11.4 Å². The Morgan fingerprint density at radius 3 is 2.42 bits per heavy atom. The highest BCUT2D eigenvalue weighted by atomic mass is 35.5. The van der Waals surface area contributed by atoms with E-state index in [1.807, 2.05) is 31.2 Å². The van der Waals surface area contributed by atoms with E-state index in [4.69, 9.17) is 17.3 Å². The number of carbonyl (C=O) groups is 1. The van der Waals surface area contributed by atoms with Crippen molar-refractivity contribution >= 4 is 17.5 Å². The molecule has 4 heteroatoms. The molecule has 1 rings (SSSR count). The van der Waals surface area contributed by atoms with Gasteiger partial charge in [0.2, 0.25) is 5.91 Å². The number of benzene rings is 1. The average Bonchev–Trinajstić information content (AvgIpc) is 2.37. The summed E-state index contributed by atoms with van der Waals surface area (Å²) < 4.78 is 0. The van der Waals surface area contributed by atoms with Crippen LogP contribution in [-0.2, 0) is 11.2 Å². The van der Waals surface area contributed by atoms with Gasteiger partial charge in [0, 0.05) is 18.0 Å². The van der Waals surface area contributed by atoms with E-state index in [0.29, 0.717) is 30.3 Å². The van der Waals surface area contributed by atoms with E-state index in [1.165, 1.54) is 0 Å². The number of amides is 1. The molecule has 0 radical (unpaired) electrons. The van der Waals surface area contributed by atoms with E-state index in [2.05, 4.69) is 19.2 Å². The number of rotatable bonds is 6. The molecule has 106 valence electrons. The van der Waals surface area contributed by atoms with Crippen LogP contribution in [0, 0.1) is 5.92 Å². The Morgan fingerprint density at radius 2 is 1.95 bits per heavy atom. The van der Waals surface area contributed by atoms with Crippen molar-refractivity contribution < 1.29 is 4.79 Å². The normalized spacial score (nSPS) is 14.2. The minimum Gasteiger partial charge on any atom is -0.349 e. The highest BCUT2D eigenvalue weighted by molar-refractivity contribution is 6.30. The lowest BCUT2D eigenvalue weighted by Crippen LogP contribution is -2.55. The summed E-state index contributed by atoms with van der Waals surface area (Å²) in [6, 6.07) is 7.57. The summed E-state index contributed by atoms with van der Waals surface area (Å²) in [5, 5.41) is 3.75. The Bertz CT molecular complexity index is 417. The molecule has 0 fully saturated rings. The van der Waals surface area contributed by atoms with Gasteiger partial charge in [-0.15, -0.1) is 0 Å². The van der Waals surface area contributed by atoms with Crippen LogP contribution in [0.1, 0.15) is 32.8 Å². The van der Waals surface area contributed by atoms with E-state index in [0.717, 1.165) is 5.56 Å². The fourth-order valence-corrected chi connectivity index (χ4v) is 1.85. The van der Waals surface area contributed by atoms with Gasteiger partial charge in [-0.1, -0.05) is 37.6 Å². The summed E-state index contributed by atoms with van der Waals surface area (Å²) in [4.78, 5) is 12.0. The summed E-state index contributed by atoms with van der Waals surface area (Å²) >= 11 is 5.82. The first-order valence-electron chi connectivity index (χ1n) is 6.63. The second-order valence-corrected chi connectivity index (χ2v) is 5.89. The molecule has 0 aromatic heterocycles. The molecule has 0 heterocycles. The molecule has 3 N–H and O–H groups in total. The number of aryl methyl sites for hydroxylation is 1. The summed E-state index contributed by atoms with van der Waals surface area (Å²) in [6.45, 7) is 6.55. The maximum Gasteiger partial charge on any atom is 0.220 e. The molecule has 0 aliphatic carbocycles. The molecular formula is C15H23ClN2O. The van der Waals surface area contributed by atoms with Crippen LogP contribution in [0.25, 0.3) is 0 Å². The van der Waals surface area contributed by atoms with Crippen LogP contribution < -0.4 is 11.1 Å². The van der Waals surface area contributed by atoms with Gasteiger partial charge in [0.15, 0.2) is 0 Å². The van der Waals surface area contributed by atoms with E-state index in [9.17, 15) is 4.79 Å². The van der Waals surface area contributed by atoms with Crippen molar-refractivity contribution in [2.75, 3.05) is 6.54 Å². The van der Waals surface area contributed by atoms with Crippen molar-refractivity contribution in [2.24, 2.45) is 11.7 Å². The molecule has 0 saturated heterocycles. The third-order valence-electron chi connectivity index (χ3n) is 3.68. The van der Waals surface area contributed by atoms with Crippen LogP contribution in [0.4, 0.5) is 0 Å². The maximum absolute atomic E-state index is 12.0. The van der Waals surface area contributed by atoms with Crippen molar-refractivity contribution in [3.63, 3.8) is 0 Å². The van der Waals surface area contributed by atoms with Crippen LogP contribution >= 0.6 is 11.6 Å². The lowest BCUT2D eigenvalue weighted by molar-refractivity contribution is -0.123. The van der Waals surface area contributed by atoms with Crippen molar-refractivity contribution in [2.45, 2.75) is 39.2 Å². The Balaban J connectivity index is 2.50. The number of hydrogen-bond donors (Lipinski definition) is 2. The standard InChI is InChI=1S/C15H23ClN2O/c1-11(2)15(3,10-17)18-14(19)9-6-12-4-7-13(16)8-5-12/h4-5,7-8,11H,6,9-10,17H2,1-3H3,(H,18,19). The van der Waals surface area contributed by atoms with Crippen LogP contribution in [0.3, 0.4) is 0 Å². The summed E-state index contributed by atoms with van der Waals surface area (Å²) in [7, 11) is 0. The van der Waals surface area contributed by atoms with Gasteiger partial charge < -0.3 is 11.1 Å². The zero-order chi connectivity index (χ0) is 14.5. The van der Waals surface area contributed by atoms with Crippen LogP contribution in [-0.4, -0.2) is 18.0 Å². The van der Waals surface area contributed by atoms with Crippen LogP contribution in [0.15, 0.2) is 24.3 Å². The molecule has 0 spiro atoms. The molecule has 3 nitrogen and oxygen atoms in total. The summed E-state index contributed by atoms with van der Waals surface area (Å²) in [5.41, 5.74) is 6.52. The SMILES string of the molecule is CC(C)C(C)(CN)NC(=O)CCc1ccc(Cl)cc1. The van der Waals surface area contributed by atoms with Gasteiger partial charge in [0.05, 0.1) is 5.54 Å². The Kier molecular flexibility index (Phi) is 5.83. The molecular weight excluding hydrogens is 260 g/mol. The van der Waals surface area contributed by atoms with Gasteiger partial charge >= 0.3 is 0 Å². The highest BCUT2D eigenvalue weighted by Gasteiger charge is 2.28. The van der Waals surface area contributed by atoms with Gasteiger partial charge in [-0.3, -0.25) is 4.79 Å². The van der Waals surface area contributed by atoms with Crippen molar-refractivity contribution in [1.29, 1.82) is 0 Å². The van der Waals surface area contributed by atoms with Crippen LogP contribution in [0.2, 0.25) is 5.02 Å². The molecule has 1 aromatic carbocycles. The summed E-state index contributed by atoms with van der Waals surface area (Å²) in [5.74, 6) is 0.341. The number of hydrogen-bond acceptors (Lipinski definition) is 2. The third kappa shape index (κ3) is 4.84. The molecule has 1 aromatic rings. The Hall–Kier alpha value is -1.06. The number of nitrogens with two attached hydrogens (primary N) is 1. The number of halogens is 1. The lowest BCUT2D eigenvalue weighted by Gasteiger charge is -2.33. The zero-order valence-corrected chi connectivity index (χ0v) is 12.6. The van der Waals surface area contributed by atoms with Gasteiger partial charge in [-0.05, 0) is 37.0 Å². The second kappa shape index (κ2) is 6.92. The maximum atomic E-state index is 12.0. The first-order chi connectivity index (χ1) is 8.87. The van der Waals surface area contributed by atoms with Gasteiger partial charge in [0.1, 0.15) is 0 Å². The molecule has 1 unspecified atom stereocenters. The molecule has 0 aliphatic rings. The first-order valence-corrected chi connectivity index (χ1v) is 7.00. The molecule has 0 bridgehead atoms. The van der Waals surface area contributed by atoms with E-state index >= 15 is 0 Å². The summed E-state index contributed by atoms with van der Waals surface area (Å²) in [6.07, 6.45) is 1.17. The minimum atomic E-state index is -0.336. The van der Waals surface area contributed by atoms with Crippen molar-refractivity contribution in [3.05, 3.63) is 34.9 Å². The van der Waals surface area contributed by atoms with Crippen molar-refractivity contribution in [3.8, 4) is 0 Å². The topological polar surface area (TPSA) is 55.1 Å². The average molecular weight is 283 g/mol. The fourth-order valence-electron chi connectivity index (χ4n) is 1.72. The molecule has 0 saturated carbocycles. The van der Waals surface area contributed by atoms with E-state index < -0.39 is 0 Å². The zero-order valence-electron chi connectivity index (χ0n) is 11.9. The van der Waals surface area contributed by atoms with Crippen LogP contribution in [0.5, 0.6) is 0 Å². The number of carbonyl (C=O) groups excluding carboxylic acids is 1. The van der Waals surface area contributed by atoms with Gasteiger partial charge in [-0.25, -0.2) is 0 Å². The molecule has 1 amide bonds. The predicted octanol–water partition coefficient (Wildman–Crippen LogP) is 2.76. The minimum absolute atomic E-state index is 0.0385. The molecule has 19 heavy (non-hydrogen) atoms. The quantitative estimate of drug-likeness (QED) is 0.843. The van der Waals surface area contributed by atoms with Gasteiger partial charge in [-0.2, -0.15) is 0 Å². The Labute approximate surface area is 120 Å². The second-order valence-electron chi connectivity index (χ2n) is 5.45. The number of nitrogens with one attached hydrogen (secondary N) is 1. The highest BCUT2D eigenvalue weighted by Crippen LogP contribution is 2.15. The Morgan fingerprint density at radius 1 is 1.37 bits per heavy atom. The monoisotopic (exact) mass is 282 g/mol. The van der Waals surface area contributed by atoms with Gasteiger partial charge in [0.25, 0.3) is 0 Å². The first kappa shape index (κ1) is 16.0. The smallest absolute Gasteiger partial charge is 0.220 e. The molecule has 1 atom stereocenters.